The van der Waals surface area contributed by atoms with E-state index in [0.29, 0.717) is 5.69 Å². The Labute approximate surface area is 142 Å². The monoisotopic (exact) mass is 380 g/mol. The van der Waals surface area contributed by atoms with Gasteiger partial charge in [0.2, 0.25) is 0 Å². The number of para-hydroxylation sites is 1. The third-order valence-corrected chi connectivity index (χ3v) is 1.59. The van der Waals surface area contributed by atoms with Gasteiger partial charge in [0, 0.05) is 5.69 Å². The zero-order chi connectivity index (χ0) is 10.6. The van der Waals surface area contributed by atoms with Gasteiger partial charge in [-0.15, -0.1) is 0 Å². The van der Waals surface area contributed by atoms with Crippen LogP contribution in [0.3, 0.4) is 0 Å². The third kappa shape index (κ3) is 8.43. The van der Waals surface area contributed by atoms with E-state index in [4.69, 9.17) is 10.2 Å². The summed E-state index contributed by atoms with van der Waals surface area (Å²) < 4.78 is 0. The molecule has 0 aliphatic heterocycles. The molecule has 0 heterocycles. The summed E-state index contributed by atoms with van der Waals surface area (Å²) in [4.78, 5) is 21.8. The molecule has 0 atom stereocenters. The molecule has 5 nitrogen and oxygen atoms in total. The van der Waals surface area contributed by atoms with Crippen LogP contribution in [0, 0.1) is 64.0 Å². The zero-order valence-electron chi connectivity index (χ0n) is 10.8. The first kappa shape index (κ1) is 26.0. The van der Waals surface area contributed by atoms with Crippen LogP contribution in [0.4, 0.5) is 10.5 Å². The SMILES string of the molecule is O=C(O)CN(C(=O)O)c1ccccc1.[CH3-].[CH3-].[CH3-].[Ce+3]. The molecule has 1 aromatic rings. The normalized spacial score (nSPS) is 7.33. The molecule has 99 valence electrons. The van der Waals surface area contributed by atoms with Gasteiger partial charge in [0.05, 0.1) is 0 Å². The third-order valence-electron chi connectivity index (χ3n) is 1.59. The Morgan fingerprint density at radius 3 is 1.78 bits per heavy atom. The predicted molar refractivity (Wildman–Crippen MR) is 68.7 cm³/mol. The van der Waals surface area contributed by atoms with Crippen LogP contribution >= 0.6 is 0 Å². The average Bonchev–Trinajstić information content (AvgIpc) is 2.15. The van der Waals surface area contributed by atoms with Gasteiger partial charge in [-0.2, -0.15) is 0 Å². The van der Waals surface area contributed by atoms with Crippen molar-refractivity contribution in [2.75, 3.05) is 11.4 Å². The van der Waals surface area contributed by atoms with Crippen molar-refractivity contribution in [1.82, 2.24) is 0 Å². The molecule has 18 heavy (non-hydrogen) atoms. The summed E-state index contributed by atoms with van der Waals surface area (Å²) in [5.41, 5.74) is 0.349. The molecule has 0 aromatic heterocycles. The first-order valence-corrected chi connectivity index (χ1v) is 3.88. The Bertz CT molecular complexity index is 343. The van der Waals surface area contributed by atoms with Crippen molar-refractivity contribution >= 4 is 17.7 Å². The molecule has 0 fully saturated rings. The van der Waals surface area contributed by atoms with Crippen LogP contribution < -0.4 is 4.90 Å². The molecule has 0 spiro atoms. The molecule has 2 N–H and O–H groups in total. The van der Waals surface area contributed by atoms with Crippen molar-refractivity contribution in [2.45, 2.75) is 0 Å². The molecule has 0 saturated carbocycles. The van der Waals surface area contributed by atoms with Gasteiger partial charge in [-0.05, 0) is 12.1 Å². The molecular formula is C12H18CeNO4. The zero-order valence-corrected chi connectivity index (χ0v) is 13.9. The number of benzene rings is 1. The van der Waals surface area contributed by atoms with Gasteiger partial charge >= 0.3 is 53.8 Å². The first-order valence-electron chi connectivity index (χ1n) is 3.88. The van der Waals surface area contributed by atoms with Gasteiger partial charge < -0.3 is 32.5 Å². The second-order valence-electron chi connectivity index (χ2n) is 2.60. The van der Waals surface area contributed by atoms with Gasteiger partial charge in [0.15, 0.2) is 0 Å². The van der Waals surface area contributed by atoms with Crippen LogP contribution in [-0.2, 0) is 4.79 Å². The maximum atomic E-state index is 10.7. The number of hydrogen-bond donors (Lipinski definition) is 2. The summed E-state index contributed by atoms with van der Waals surface area (Å²) in [5, 5.41) is 17.2. The maximum Gasteiger partial charge on any atom is 3.00 e. The summed E-state index contributed by atoms with van der Waals surface area (Å²) in [6, 6.07) is 8.10. The fourth-order valence-corrected chi connectivity index (χ4v) is 1.01. The van der Waals surface area contributed by atoms with E-state index in [1.807, 2.05) is 0 Å². The summed E-state index contributed by atoms with van der Waals surface area (Å²) in [5.74, 6) is -1.18. The molecule has 6 heteroatoms. The summed E-state index contributed by atoms with van der Waals surface area (Å²) in [6.45, 7) is -0.556. The summed E-state index contributed by atoms with van der Waals surface area (Å²) >= 11 is 0. The van der Waals surface area contributed by atoms with Crippen molar-refractivity contribution in [3.63, 3.8) is 0 Å². The Morgan fingerprint density at radius 2 is 1.44 bits per heavy atom. The number of nitrogens with zero attached hydrogens (tertiary/aromatic N) is 1. The van der Waals surface area contributed by atoms with E-state index in [2.05, 4.69) is 0 Å². The molecule has 0 unspecified atom stereocenters. The van der Waals surface area contributed by atoms with E-state index in [1.54, 1.807) is 18.2 Å². The minimum atomic E-state index is -1.28. The number of rotatable bonds is 3. The number of aliphatic carboxylic acids is 1. The molecule has 0 saturated heterocycles. The second kappa shape index (κ2) is 12.8. The van der Waals surface area contributed by atoms with Crippen LogP contribution in [0.5, 0.6) is 0 Å². The van der Waals surface area contributed by atoms with Crippen LogP contribution in [0.2, 0.25) is 0 Å². The molecule has 1 aromatic carbocycles. The first-order chi connectivity index (χ1) is 6.61. The fraction of sp³-hybridized carbons (Fsp3) is 0.0833. The van der Waals surface area contributed by atoms with Crippen molar-refractivity contribution < 1.29 is 61.5 Å². The van der Waals surface area contributed by atoms with E-state index in [9.17, 15) is 9.59 Å². The number of carbonyl (C=O) groups is 2. The Hall–Kier alpha value is -0.663. The number of amides is 1. The van der Waals surface area contributed by atoms with Crippen molar-refractivity contribution in [2.24, 2.45) is 0 Å². The Kier molecular flexibility index (Phi) is 18.5. The quantitative estimate of drug-likeness (QED) is 0.791. The van der Waals surface area contributed by atoms with Gasteiger partial charge in [-0.3, -0.25) is 9.69 Å². The Balaban J connectivity index is -0.000000245. The maximum absolute atomic E-state index is 10.7. The number of anilines is 1. The van der Waals surface area contributed by atoms with Crippen molar-refractivity contribution in [3.05, 3.63) is 52.6 Å². The topological polar surface area (TPSA) is 77.8 Å². The van der Waals surface area contributed by atoms with E-state index in [1.165, 1.54) is 12.1 Å². The second-order valence-corrected chi connectivity index (χ2v) is 2.60. The van der Waals surface area contributed by atoms with Gasteiger partial charge in [-0.1, -0.05) is 18.2 Å². The van der Waals surface area contributed by atoms with Crippen LogP contribution in [0.15, 0.2) is 30.3 Å². The molecule has 1 radical (unpaired) electrons. The van der Waals surface area contributed by atoms with E-state index in [-0.39, 0.29) is 64.0 Å². The van der Waals surface area contributed by atoms with E-state index < -0.39 is 18.6 Å². The van der Waals surface area contributed by atoms with Crippen molar-refractivity contribution in [1.29, 1.82) is 0 Å². The van der Waals surface area contributed by atoms with Gasteiger partial charge in [-0.25, -0.2) is 4.79 Å². The molecule has 0 bridgehead atoms. The average molecular weight is 380 g/mol. The summed E-state index contributed by atoms with van der Waals surface area (Å²) in [6.07, 6.45) is -1.28. The number of carboxylic acid groups (broad SMARTS) is 2. The van der Waals surface area contributed by atoms with Gasteiger partial charge in [0.25, 0.3) is 0 Å². The minimum Gasteiger partial charge on any atom is -0.480 e. The largest absolute Gasteiger partial charge is 3.00 e. The van der Waals surface area contributed by atoms with E-state index >= 15 is 0 Å². The molecule has 0 aliphatic carbocycles. The minimum absolute atomic E-state index is 0. The molecule has 0 aliphatic rings. The predicted octanol–water partition coefficient (Wildman–Crippen LogP) is 2.61. The van der Waals surface area contributed by atoms with E-state index in [0.717, 1.165) is 4.90 Å². The molecular weight excluding hydrogens is 362 g/mol. The summed E-state index contributed by atoms with van der Waals surface area (Å²) in [7, 11) is 0. The Morgan fingerprint density at radius 1 is 1.00 bits per heavy atom. The molecule has 1 amide bonds. The fourth-order valence-electron chi connectivity index (χ4n) is 1.01. The van der Waals surface area contributed by atoms with Crippen LogP contribution in [0.25, 0.3) is 0 Å². The van der Waals surface area contributed by atoms with Crippen molar-refractivity contribution in [3.8, 4) is 0 Å². The van der Waals surface area contributed by atoms with Gasteiger partial charge in [0.1, 0.15) is 6.54 Å². The standard InChI is InChI=1S/C9H9NO4.3CH3.Ce/c11-8(12)6-10(9(13)14)7-4-2-1-3-5-7;;;;/h1-5H,6H2,(H,11,12)(H,13,14);3*1H3;/q;3*-1;+3. The number of hydrogen-bond acceptors (Lipinski definition) is 2. The number of carboxylic acids is 1. The van der Waals surface area contributed by atoms with Crippen LogP contribution in [0.1, 0.15) is 0 Å². The van der Waals surface area contributed by atoms with Crippen LogP contribution in [-0.4, -0.2) is 28.8 Å². The smallest absolute Gasteiger partial charge is 0.480 e. The molecule has 1 rings (SSSR count).